The van der Waals surface area contributed by atoms with E-state index in [2.05, 4.69) is 15.4 Å². The lowest BCUT2D eigenvalue weighted by atomic mass is 9.93. The zero-order valence-corrected chi connectivity index (χ0v) is 21.1. The SMILES string of the molecule is CC(C)Oc1cc2c(OCC3CCC(=O)N3)ncc(-c3cnn(C4CCC(O)CC4)c3)c2cc1C(N)=O. The molecule has 1 unspecified atom stereocenters. The summed E-state index contributed by atoms with van der Waals surface area (Å²) >= 11 is 0. The minimum Gasteiger partial charge on any atom is -0.490 e. The summed E-state index contributed by atoms with van der Waals surface area (Å²) in [6.45, 7) is 4.04. The molecule has 3 heterocycles. The Hall–Kier alpha value is -3.66. The normalized spacial score (nSPS) is 21.8. The first-order chi connectivity index (χ1) is 17.8. The van der Waals surface area contributed by atoms with Crippen molar-refractivity contribution in [1.82, 2.24) is 20.1 Å². The van der Waals surface area contributed by atoms with Gasteiger partial charge in [-0.05, 0) is 63.5 Å². The van der Waals surface area contributed by atoms with Gasteiger partial charge in [-0.25, -0.2) is 4.98 Å². The highest BCUT2D eigenvalue weighted by Crippen LogP contribution is 2.38. The van der Waals surface area contributed by atoms with E-state index in [1.165, 1.54) is 0 Å². The van der Waals surface area contributed by atoms with Crippen LogP contribution < -0.4 is 20.5 Å². The van der Waals surface area contributed by atoms with E-state index in [0.29, 0.717) is 29.9 Å². The van der Waals surface area contributed by atoms with E-state index in [0.717, 1.165) is 42.2 Å². The van der Waals surface area contributed by atoms with Crippen LogP contribution in [0.1, 0.15) is 68.8 Å². The maximum atomic E-state index is 12.4. The van der Waals surface area contributed by atoms with Gasteiger partial charge in [0.2, 0.25) is 11.8 Å². The second-order valence-electron chi connectivity index (χ2n) is 10.2. The first kappa shape index (κ1) is 25.0. The average molecular weight is 508 g/mol. The Morgan fingerprint density at radius 1 is 1.19 bits per heavy atom. The summed E-state index contributed by atoms with van der Waals surface area (Å²) in [5.74, 6) is 0.181. The number of nitrogens with one attached hydrogen (secondary N) is 1. The molecule has 4 N–H and O–H groups in total. The third-order valence-electron chi connectivity index (χ3n) is 7.04. The lowest BCUT2D eigenvalue weighted by Crippen LogP contribution is -2.31. The Balaban J connectivity index is 1.55. The molecule has 1 aliphatic carbocycles. The van der Waals surface area contributed by atoms with Crippen LogP contribution in [-0.2, 0) is 4.79 Å². The molecule has 0 radical (unpaired) electrons. The number of primary amides is 1. The number of amides is 2. The molecular weight excluding hydrogens is 474 g/mol. The van der Waals surface area contributed by atoms with Crippen molar-refractivity contribution in [2.45, 2.75) is 76.7 Å². The van der Waals surface area contributed by atoms with Gasteiger partial charge in [-0.15, -0.1) is 0 Å². The van der Waals surface area contributed by atoms with Crippen molar-refractivity contribution >= 4 is 22.6 Å². The predicted molar refractivity (Wildman–Crippen MR) is 137 cm³/mol. The number of hydrogen-bond donors (Lipinski definition) is 3. The van der Waals surface area contributed by atoms with Crippen molar-refractivity contribution < 1.29 is 24.2 Å². The summed E-state index contributed by atoms with van der Waals surface area (Å²) in [5, 5.41) is 18.8. The maximum absolute atomic E-state index is 12.4. The molecule has 0 spiro atoms. The van der Waals surface area contributed by atoms with Gasteiger partial charge in [0.25, 0.3) is 5.91 Å². The van der Waals surface area contributed by atoms with E-state index >= 15 is 0 Å². The number of carbonyl (C=O) groups excluding carboxylic acids is 2. The summed E-state index contributed by atoms with van der Waals surface area (Å²) in [5.41, 5.74) is 7.65. The van der Waals surface area contributed by atoms with Crippen LogP contribution in [0.15, 0.2) is 30.7 Å². The van der Waals surface area contributed by atoms with Gasteiger partial charge in [0.15, 0.2) is 0 Å². The Bertz CT molecular complexity index is 1310. The summed E-state index contributed by atoms with van der Waals surface area (Å²) in [6, 6.07) is 3.63. The number of aliphatic hydroxyl groups is 1. The Labute approximate surface area is 215 Å². The van der Waals surface area contributed by atoms with Crippen LogP contribution in [0.5, 0.6) is 11.6 Å². The van der Waals surface area contributed by atoms with Crippen molar-refractivity contribution in [3.8, 4) is 22.8 Å². The average Bonchev–Trinajstić information content (AvgIpc) is 3.51. The van der Waals surface area contributed by atoms with E-state index in [9.17, 15) is 14.7 Å². The summed E-state index contributed by atoms with van der Waals surface area (Å²) < 4.78 is 13.9. The molecule has 0 bridgehead atoms. The van der Waals surface area contributed by atoms with Crippen LogP contribution in [0, 0.1) is 0 Å². The number of pyridine rings is 1. The highest BCUT2D eigenvalue weighted by molar-refractivity contribution is 6.06. The number of aromatic nitrogens is 3. The highest BCUT2D eigenvalue weighted by Gasteiger charge is 2.25. The molecule has 1 aromatic carbocycles. The van der Waals surface area contributed by atoms with E-state index in [4.69, 9.17) is 15.2 Å². The fraction of sp³-hybridized carbons (Fsp3) is 0.481. The van der Waals surface area contributed by atoms with Crippen molar-refractivity contribution in [2.75, 3.05) is 6.61 Å². The quantitative estimate of drug-likeness (QED) is 0.425. The van der Waals surface area contributed by atoms with Crippen LogP contribution in [-0.4, -0.2) is 56.5 Å². The number of nitrogens with zero attached hydrogens (tertiary/aromatic N) is 3. The largest absolute Gasteiger partial charge is 0.490 e. The standard InChI is InChI=1S/C27H33N5O5/c1-15(2)37-24-10-21-20(9-22(24)26(28)35)23(12-29-27(21)36-14-17-3-8-25(34)31-17)16-11-30-32(13-16)18-4-6-19(33)7-5-18/h9-13,15,17-19,33H,3-8,14H2,1-2H3,(H2,28,35)(H,31,34). The van der Waals surface area contributed by atoms with Crippen LogP contribution in [0.4, 0.5) is 0 Å². The Morgan fingerprint density at radius 2 is 1.97 bits per heavy atom. The minimum atomic E-state index is -0.590. The van der Waals surface area contributed by atoms with Gasteiger partial charge in [0, 0.05) is 35.3 Å². The van der Waals surface area contributed by atoms with E-state index in [1.807, 2.05) is 24.7 Å². The van der Waals surface area contributed by atoms with Gasteiger partial charge in [0.1, 0.15) is 12.4 Å². The fourth-order valence-electron chi connectivity index (χ4n) is 5.11. The summed E-state index contributed by atoms with van der Waals surface area (Å²) in [4.78, 5) is 28.6. The van der Waals surface area contributed by atoms with Gasteiger partial charge in [-0.2, -0.15) is 5.10 Å². The molecule has 10 heteroatoms. The van der Waals surface area contributed by atoms with Gasteiger partial charge < -0.3 is 25.6 Å². The van der Waals surface area contributed by atoms with Gasteiger partial charge >= 0.3 is 0 Å². The number of benzene rings is 1. The van der Waals surface area contributed by atoms with Crippen molar-refractivity contribution in [1.29, 1.82) is 0 Å². The van der Waals surface area contributed by atoms with Crippen LogP contribution in [0.25, 0.3) is 21.9 Å². The topological polar surface area (TPSA) is 142 Å². The molecule has 1 saturated carbocycles. The smallest absolute Gasteiger partial charge is 0.252 e. The summed E-state index contributed by atoms with van der Waals surface area (Å²) in [7, 11) is 0. The maximum Gasteiger partial charge on any atom is 0.252 e. The zero-order chi connectivity index (χ0) is 26.1. The monoisotopic (exact) mass is 507 g/mol. The van der Waals surface area contributed by atoms with Gasteiger partial charge in [0.05, 0.1) is 36.1 Å². The Morgan fingerprint density at radius 3 is 2.65 bits per heavy atom. The van der Waals surface area contributed by atoms with E-state index in [-0.39, 0.29) is 42.4 Å². The Kier molecular flexibility index (Phi) is 7.01. The fourth-order valence-corrected chi connectivity index (χ4v) is 5.11. The zero-order valence-electron chi connectivity index (χ0n) is 21.1. The number of rotatable bonds is 8. The number of aliphatic hydroxyl groups excluding tert-OH is 1. The van der Waals surface area contributed by atoms with E-state index < -0.39 is 5.91 Å². The molecule has 2 aliphatic rings. The third kappa shape index (κ3) is 5.39. The molecule has 2 aromatic heterocycles. The number of ether oxygens (including phenoxy) is 2. The highest BCUT2D eigenvalue weighted by atomic mass is 16.5. The molecule has 1 atom stereocenters. The molecular formula is C27H33N5O5. The minimum absolute atomic E-state index is 0.0185. The first-order valence-corrected chi connectivity index (χ1v) is 12.9. The number of nitrogens with two attached hydrogens (primary N) is 1. The molecule has 5 rings (SSSR count). The predicted octanol–water partition coefficient (Wildman–Crippen LogP) is 3.12. The molecule has 1 aliphatic heterocycles. The molecule has 10 nitrogen and oxygen atoms in total. The molecule has 37 heavy (non-hydrogen) atoms. The molecule has 2 fully saturated rings. The lowest BCUT2D eigenvalue weighted by Gasteiger charge is -2.25. The second kappa shape index (κ2) is 10.4. The van der Waals surface area contributed by atoms with Crippen LogP contribution in [0.3, 0.4) is 0 Å². The first-order valence-electron chi connectivity index (χ1n) is 12.9. The van der Waals surface area contributed by atoms with Crippen molar-refractivity contribution in [2.24, 2.45) is 5.73 Å². The summed E-state index contributed by atoms with van der Waals surface area (Å²) in [6.07, 6.45) is 9.53. The lowest BCUT2D eigenvalue weighted by molar-refractivity contribution is -0.119. The van der Waals surface area contributed by atoms with Crippen LogP contribution >= 0.6 is 0 Å². The number of hydrogen-bond acceptors (Lipinski definition) is 7. The second-order valence-corrected chi connectivity index (χ2v) is 10.2. The van der Waals surface area contributed by atoms with Crippen molar-refractivity contribution in [3.05, 3.63) is 36.3 Å². The van der Waals surface area contributed by atoms with Crippen LogP contribution in [0.2, 0.25) is 0 Å². The number of carbonyl (C=O) groups is 2. The molecule has 2 amide bonds. The van der Waals surface area contributed by atoms with Gasteiger partial charge in [-0.1, -0.05) is 0 Å². The molecule has 1 saturated heterocycles. The van der Waals surface area contributed by atoms with Gasteiger partial charge in [-0.3, -0.25) is 14.3 Å². The van der Waals surface area contributed by atoms with Crippen molar-refractivity contribution in [3.63, 3.8) is 0 Å². The molecule has 196 valence electrons. The number of fused-ring (bicyclic) bond motifs is 1. The van der Waals surface area contributed by atoms with E-state index in [1.54, 1.807) is 24.5 Å². The molecule has 3 aromatic rings. The third-order valence-corrected chi connectivity index (χ3v) is 7.04.